The van der Waals surface area contributed by atoms with Crippen LogP contribution in [0, 0.1) is 0 Å². The maximum atomic E-state index is 12.1. The van der Waals surface area contributed by atoms with Crippen LogP contribution in [0.1, 0.15) is 200 Å². The van der Waals surface area contributed by atoms with Crippen molar-refractivity contribution in [1.29, 1.82) is 0 Å². The summed E-state index contributed by atoms with van der Waals surface area (Å²) < 4.78 is 2.84. The Kier molecular flexibility index (Phi) is 37.5. The summed E-state index contributed by atoms with van der Waals surface area (Å²) in [6.45, 7) is 30.0. The zero-order valence-corrected chi connectivity index (χ0v) is 49.8. The van der Waals surface area contributed by atoms with Crippen LogP contribution in [-0.2, 0) is 0 Å². The number of carbonyl (C=O) groups is 4. The number of hydrogen-bond donors (Lipinski definition) is 8. The Morgan fingerprint density at radius 1 is 0.300 bits per heavy atom. The number of unbranched alkanes of at least 4 members (excludes halogenated alkanes) is 8. The summed E-state index contributed by atoms with van der Waals surface area (Å²) in [5.74, 6) is -1.09. The number of anilines is 4. The van der Waals surface area contributed by atoms with E-state index in [1.54, 1.807) is 122 Å². The first-order valence-corrected chi connectivity index (χ1v) is 29.6. The second-order valence-corrected chi connectivity index (χ2v) is 20.5. The lowest BCUT2D eigenvalue weighted by molar-refractivity contribution is -0.929. The molecule has 14 nitrogen and oxygen atoms in total. The topological polar surface area (TPSA) is 180 Å². The fraction of sp³-hybridized carbons (Fsp3) is 0.500. The molecule has 4 aromatic heterocycles. The highest BCUT2D eigenvalue weighted by atomic mass is 19.0. The fourth-order valence-electron chi connectivity index (χ4n) is 9.34. The average molecular weight is 1110 g/mol. The zero-order chi connectivity index (χ0) is 56.7. The Morgan fingerprint density at radius 2 is 0.475 bits per heavy atom. The van der Waals surface area contributed by atoms with E-state index in [2.05, 4.69) is 96.6 Å². The molecule has 444 valence electrons. The molecule has 0 spiro atoms. The number of nitrogens with zero attached hydrogens (tertiary/aromatic N) is 2. The number of amides is 4. The first-order chi connectivity index (χ1) is 38.0. The van der Waals surface area contributed by atoms with Crippen molar-refractivity contribution < 1.29 is 37.6 Å². The summed E-state index contributed by atoms with van der Waals surface area (Å²) in [6.07, 6.45) is 28.8. The quantitative estimate of drug-likeness (QED) is 0.0196. The highest BCUT2D eigenvalue weighted by molar-refractivity contribution is 6.10. The Hall–Kier alpha value is -6.78. The molecule has 0 aliphatic rings. The lowest BCUT2D eigenvalue weighted by Gasteiger charge is -2.39. The van der Waals surface area contributed by atoms with Crippen LogP contribution in [0.15, 0.2) is 122 Å². The highest BCUT2D eigenvalue weighted by Crippen LogP contribution is 2.24. The molecule has 0 saturated heterocycles. The van der Waals surface area contributed by atoms with Crippen molar-refractivity contribution in [1.82, 2.24) is 19.9 Å². The summed E-state index contributed by atoms with van der Waals surface area (Å²) in [4.78, 5) is 59.7. The van der Waals surface area contributed by atoms with Gasteiger partial charge in [0.1, 0.15) is 22.8 Å². The van der Waals surface area contributed by atoms with Gasteiger partial charge in [-0.3, -0.25) is 19.2 Å². The molecule has 0 atom stereocenters. The van der Waals surface area contributed by atoms with E-state index in [-0.39, 0.29) is 33.0 Å². The molecule has 0 saturated carbocycles. The summed E-state index contributed by atoms with van der Waals surface area (Å²) in [6, 6.07) is 27.7. The van der Waals surface area contributed by atoms with Crippen molar-refractivity contribution in [2.45, 2.75) is 158 Å². The number of hydrogen-bond acceptors (Lipinski definition) is 4. The number of H-pyrrole nitrogens is 4. The van der Waals surface area contributed by atoms with Gasteiger partial charge in [0, 0.05) is 24.8 Å². The smallest absolute Gasteiger partial charge is 0.272 e. The van der Waals surface area contributed by atoms with Crippen LogP contribution in [0.5, 0.6) is 0 Å². The molecule has 6 aromatic rings. The number of rotatable bonds is 32. The number of carbonyl (C=O) groups excluding carboxylic acids is 4. The largest absolute Gasteiger partial charge is 1.00 e. The molecule has 80 heavy (non-hydrogen) atoms. The van der Waals surface area contributed by atoms with E-state index in [1.165, 1.54) is 164 Å². The number of halogens is 2. The zero-order valence-electron chi connectivity index (χ0n) is 49.8. The van der Waals surface area contributed by atoms with Gasteiger partial charge < -0.3 is 59.6 Å². The number of quaternary nitrogens is 2. The molecule has 0 fully saturated rings. The molecular weight excluding hydrogens is 1010 g/mol. The lowest BCUT2D eigenvalue weighted by Crippen LogP contribution is -3.00. The molecule has 0 aliphatic carbocycles. The maximum Gasteiger partial charge on any atom is 0.272 e. The van der Waals surface area contributed by atoms with Crippen LogP contribution in [0.4, 0.5) is 22.7 Å². The monoisotopic (exact) mass is 1110 g/mol. The fourth-order valence-corrected chi connectivity index (χ4v) is 9.34. The minimum atomic E-state index is -0.272. The van der Waals surface area contributed by atoms with Gasteiger partial charge in [0.05, 0.1) is 75.1 Å². The molecule has 6 rings (SSSR count). The van der Waals surface area contributed by atoms with Gasteiger partial charge in [-0.2, -0.15) is 0 Å². The van der Waals surface area contributed by atoms with E-state index in [1.807, 2.05) is 0 Å². The van der Waals surface area contributed by atoms with Gasteiger partial charge in [0.2, 0.25) is 0 Å². The van der Waals surface area contributed by atoms with Crippen LogP contribution < -0.4 is 30.7 Å². The van der Waals surface area contributed by atoms with E-state index >= 15 is 0 Å². The molecule has 16 heteroatoms. The molecular formula is C64H100F2N10O4. The first-order valence-electron chi connectivity index (χ1n) is 29.6. The molecule has 4 heterocycles. The van der Waals surface area contributed by atoms with Crippen LogP contribution in [0.25, 0.3) is 0 Å². The van der Waals surface area contributed by atoms with Crippen LogP contribution in [0.3, 0.4) is 0 Å². The van der Waals surface area contributed by atoms with Crippen molar-refractivity contribution >= 4 is 46.4 Å². The van der Waals surface area contributed by atoms with Crippen molar-refractivity contribution in [3.8, 4) is 0 Å². The highest BCUT2D eigenvalue weighted by Gasteiger charge is 2.26. The Labute approximate surface area is 478 Å². The van der Waals surface area contributed by atoms with Crippen LogP contribution in [-0.4, -0.2) is 105 Å². The second kappa shape index (κ2) is 42.2. The van der Waals surface area contributed by atoms with Gasteiger partial charge in [-0.1, -0.05) is 131 Å². The van der Waals surface area contributed by atoms with Crippen LogP contribution in [0.2, 0.25) is 0 Å². The third-order valence-corrected chi connectivity index (χ3v) is 14.1. The van der Waals surface area contributed by atoms with Gasteiger partial charge in [0.25, 0.3) is 23.6 Å². The summed E-state index contributed by atoms with van der Waals surface area (Å²) in [5.41, 5.74) is 3.92. The van der Waals surface area contributed by atoms with Crippen molar-refractivity contribution in [2.24, 2.45) is 0 Å². The normalized spacial score (nSPS) is 10.7. The molecule has 0 radical (unpaired) electrons. The van der Waals surface area contributed by atoms with Gasteiger partial charge in [-0.15, -0.1) is 0 Å². The molecule has 0 aliphatic heterocycles. The third kappa shape index (κ3) is 26.5. The van der Waals surface area contributed by atoms with Crippen LogP contribution >= 0.6 is 0 Å². The lowest BCUT2D eigenvalue weighted by atomic mass is 10.1. The second-order valence-electron chi connectivity index (χ2n) is 20.5. The van der Waals surface area contributed by atoms with E-state index in [4.69, 9.17) is 0 Å². The molecule has 8 N–H and O–H groups in total. The van der Waals surface area contributed by atoms with Crippen molar-refractivity contribution in [3.63, 3.8) is 0 Å². The molecule has 0 unspecified atom stereocenters. The van der Waals surface area contributed by atoms with E-state index in [0.717, 1.165) is 0 Å². The number of para-hydroxylation sites is 4. The number of aromatic nitrogens is 4. The number of nitrogens with one attached hydrogen (secondary N) is 8. The van der Waals surface area contributed by atoms with Gasteiger partial charge in [-0.05, 0) is 124 Å². The summed E-state index contributed by atoms with van der Waals surface area (Å²) in [5, 5.41) is 11.1. The van der Waals surface area contributed by atoms with Gasteiger partial charge in [-0.25, -0.2) is 0 Å². The minimum absolute atomic E-state index is 0. The van der Waals surface area contributed by atoms with E-state index in [0.29, 0.717) is 45.5 Å². The third-order valence-electron chi connectivity index (χ3n) is 14.1. The predicted molar refractivity (Wildman–Crippen MR) is 327 cm³/mol. The first kappa shape index (κ1) is 71.2. The predicted octanol–water partition coefficient (Wildman–Crippen LogP) is 9.71. The number of aromatic amines is 4. The molecule has 4 amide bonds. The average Bonchev–Trinajstić information content (AvgIpc) is 4.34. The summed E-state index contributed by atoms with van der Waals surface area (Å²) >= 11 is 0. The SMILES string of the molecule is CCCC[N+](CCCC)(CCCC)CCCC.CCCC[N+](CCCC)(CCCC)CCCC.O=C(Nc1ccccc1NC(=O)c1ccc[nH]1)c1ccc[nH]1.O=C(Nc1ccccc1NC(=O)c1ccc[nH]1)c1ccc[nH]1.[F-].[F-]. The Morgan fingerprint density at radius 3 is 0.613 bits per heavy atom. The van der Waals surface area contributed by atoms with E-state index < -0.39 is 0 Å². The van der Waals surface area contributed by atoms with Gasteiger partial charge in [0.15, 0.2) is 0 Å². The Bertz CT molecular complexity index is 2100. The minimum Gasteiger partial charge on any atom is -1.00 e. The maximum absolute atomic E-state index is 12.1. The standard InChI is InChI=1S/2C16H14N4O2.2C16H36N.2FH/c2*21-15(13-7-3-9-17-13)19-11-5-1-2-6-12(11)20-16(22)14-8-4-10-18-14;2*1-5-9-13-17(14-10-6-2,15-11-7-3)16-12-8-4;;/h2*1-10,17-18H,(H,19,21)(H,20,22);2*5-16H2,1-4H3;2*1H/q;;2*+1;;/p-2. The Balaban J connectivity index is 0.000000534. The van der Waals surface area contributed by atoms with Gasteiger partial charge >= 0.3 is 0 Å². The molecule has 2 aromatic carbocycles. The van der Waals surface area contributed by atoms with E-state index in [9.17, 15) is 19.2 Å². The number of benzene rings is 2. The van der Waals surface area contributed by atoms with Crippen molar-refractivity contribution in [2.75, 3.05) is 73.6 Å². The van der Waals surface area contributed by atoms with Crippen molar-refractivity contribution in [3.05, 3.63) is 145 Å². The molecule has 0 bridgehead atoms. The summed E-state index contributed by atoms with van der Waals surface area (Å²) in [7, 11) is 0.